The zero-order chi connectivity index (χ0) is 15.8. The quantitative estimate of drug-likeness (QED) is 0.343. The van der Waals surface area contributed by atoms with Gasteiger partial charge in [0.05, 0.1) is 11.4 Å². The number of carbonyl (C=O) groups is 1. The number of rotatable bonds is 5. The van der Waals surface area contributed by atoms with Crippen LogP contribution in [0.5, 0.6) is 0 Å². The summed E-state index contributed by atoms with van der Waals surface area (Å²) in [5.74, 6) is -0.568. The van der Waals surface area contributed by atoms with Gasteiger partial charge in [-0.15, -0.1) is 0 Å². The van der Waals surface area contributed by atoms with Gasteiger partial charge in [0.2, 0.25) is 0 Å². The van der Waals surface area contributed by atoms with Crippen molar-refractivity contribution in [1.82, 2.24) is 5.48 Å². The minimum absolute atomic E-state index is 0.568. The number of aliphatic imine (C=N–C) groups is 1. The van der Waals surface area contributed by atoms with Crippen LogP contribution in [0, 0.1) is 0 Å². The van der Waals surface area contributed by atoms with Crippen molar-refractivity contribution < 1.29 is 10.0 Å². The number of amides is 1. The second kappa shape index (κ2) is 7.75. The highest BCUT2D eigenvalue weighted by Crippen LogP contribution is 2.23. The highest BCUT2D eigenvalue weighted by molar-refractivity contribution is 5.91. The monoisotopic (exact) mass is 295 g/mol. The number of hydrogen-bond donors (Lipinski definition) is 3. The third kappa shape index (κ3) is 4.29. The minimum atomic E-state index is -0.568. The number of hydroxylamine groups is 1. The van der Waals surface area contributed by atoms with Crippen molar-refractivity contribution in [3.63, 3.8) is 0 Å². The molecule has 0 radical (unpaired) electrons. The van der Waals surface area contributed by atoms with Gasteiger partial charge in [-0.2, -0.15) is 0 Å². The Morgan fingerprint density at radius 2 is 1.91 bits per heavy atom. The molecule has 0 aliphatic heterocycles. The lowest BCUT2D eigenvalue weighted by Gasteiger charge is -2.03. The van der Waals surface area contributed by atoms with Gasteiger partial charge in [0.25, 0.3) is 5.91 Å². The number of hydrogen-bond acceptors (Lipinski definition) is 4. The first kappa shape index (κ1) is 15.5. The van der Waals surface area contributed by atoms with Crippen LogP contribution in [0.3, 0.4) is 0 Å². The van der Waals surface area contributed by atoms with Gasteiger partial charge in [-0.3, -0.25) is 15.0 Å². The number of nitrogens with zero attached hydrogens (tertiary/aromatic N) is 1. The number of anilines is 1. The maximum absolute atomic E-state index is 11.0. The van der Waals surface area contributed by atoms with E-state index in [9.17, 15) is 4.79 Å². The average molecular weight is 295 g/mol. The summed E-state index contributed by atoms with van der Waals surface area (Å²) >= 11 is 0. The molecule has 3 N–H and O–H groups in total. The fourth-order valence-corrected chi connectivity index (χ4v) is 1.89. The van der Waals surface area contributed by atoms with Gasteiger partial charge in [0.15, 0.2) is 0 Å². The lowest BCUT2D eigenvalue weighted by Crippen LogP contribution is -2.14. The van der Waals surface area contributed by atoms with Crippen molar-refractivity contribution in [3.05, 3.63) is 65.7 Å². The molecule has 0 bridgehead atoms. The third-order valence-electron chi connectivity index (χ3n) is 2.97. The molecule has 0 saturated carbocycles. The lowest BCUT2D eigenvalue weighted by molar-refractivity contribution is -0.124. The van der Waals surface area contributed by atoms with E-state index >= 15 is 0 Å². The molecule has 22 heavy (non-hydrogen) atoms. The van der Waals surface area contributed by atoms with Crippen LogP contribution >= 0.6 is 0 Å². The van der Waals surface area contributed by atoms with E-state index in [1.807, 2.05) is 55.6 Å². The first-order valence-corrected chi connectivity index (χ1v) is 6.76. The molecule has 0 aromatic heterocycles. The Labute approximate surface area is 129 Å². The molecule has 112 valence electrons. The fourth-order valence-electron chi connectivity index (χ4n) is 1.89. The van der Waals surface area contributed by atoms with E-state index in [2.05, 4.69) is 10.3 Å². The zero-order valence-corrected chi connectivity index (χ0v) is 12.2. The van der Waals surface area contributed by atoms with Crippen molar-refractivity contribution in [2.75, 3.05) is 12.4 Å². The van der Waals surface area contributed by atoms with Crippen LogP contribution in [0.2, 0.25) is 0 Å². The van der Waals surface area contributed by atoms with Gasteiger partial charge in [-0.25, -0.2) is 5.48 Å². The van der Waals surface area contributed by atoms with E-state index in [0.29, 0.717) is 0 Å². The van der Waals surface area contributed by atoms with E-state index in [1.54, 1.807) is 17.8 Å². The van der Waals surface area contributed by atoms with Crippen molar-refractivity contribution in [3.8, 4) is 0 Å². The SMILES string of the molecule is CNc1ccccc1N=Cc1cccc(/C=C/C(=O)NO)c1. The lowest BCUT2D eigenvalue weighted by atomic mass is 10.1. The summed E-state index contributed by atoms with van der Waals surface area (Å²) in [4.78, 5) is 15.4. The van der Waals surface area contributed by atoms with E-state index in [1.165, 1.54) is 6.08 Å². The van der Waals surface area contributed by atoms with Crippen molar-refractivity contribution >= 4 is 29.6 Å². The van der Waals surface area contributed by atoms with Crippen LogP contribution in [0.4, 0.5) is 11.4 Å². The Morgan fingerprint density at radius 3 is 2.68 bits per heavy atom. The summed E-state index contributed by atoms with van der Waals surface area (Å²) in [6.07, 6.45) is 4.64. The maximum atomic E-state index is 11.0. The highest BCUT2D eigenvalue weighted by Gasteiger charge is 1.97. The molecule has 0 fully saturated rings. The van der Waals surface area contributed by atoms with E-state index in [-0.39, 0.29) is 0 Å². The van der Waals surface area contributed by atoms with Crippen LogP contribution in [-0.2, 0) is 4.79 Å². The Balaban J connectivity index is 2.18. The molecule has 2 rings (SSSR count). The summed E-state index contributed by atoms with van der Waals surface area (Å²) in [6.45, 7) is 0. The van der Waals surface area contributed by atoms with Crippen molar-refractivity contribution in [2.45, 2.75) is 0 Å². The summed E-state index contributed by atoms with van der Waals surface area (Å²) in [5.41, 5.74) is 5.11. The van der Waals surface area contributed by atoms with E-state index in [4.69, 9.17) is 5.21 Å². The van der Waals surface area contributed by atoms with Gasteiger partial charge >= 0.3 is 0 Å². The number of para-hydroxylation sites is 2. The standard InChI is InChI=1S/C17H17N3O2/c1-18-15-7-2-3-8-16(15)19-12-14-6-4-5-13(11-14)9-10-17(21)20-22/h2-12,18,22H,1H3,(H,20,21)/b10-9+,19-12?. The third-order valence-corrected chi connectivity index (χ3v) is 2.97. The molecule has 0 aliphatic rings. The first-order chi connectivity index (χ1) is 10.7. The number of carbonyl (C=O) groups excluding carboxylic acids is 1. The van der Waals surface area contributed by atoms with Gasteiger partial charge in [0.1, 0.15) is 0 Å². The first-order valence-electron chi connectivity index (χ1n) is 6.76. The van der Waals surface area contributed by atoms with Crippen LogP contribution in [0.1, 0.15) is 11.1 Å². The van der Waals surface area contributed by atoms with E-state index in [0.717, 1.165) is 22.5 Å². The molecular weight excluding hydrogens is 278 g/mol. The van der Waals surface area contributed by atoms with Crippen molar-refractivity contribution in [2.24, 2.45) is 4.99 Å². The molecule has 2 aromatic rings. The fraction of sp³-hybridized carbons (Fsp3) is 0.0588. The molecule has 1 amide bonds. The van der Waals surface area contributed by atoms with Crippen molar-refractivity contribution in [1.29, 1.82) is 0 Å². The van der Waals surface area contributed by atoms with Gasteiger partial charge in [0, 0.05) is 19.3 Å². The van der Waals surface area contributed by atoms with Gasteiger partial charge in [-0.1, -0.05) is 30.3 Å². The summed E-state index contributed by atoms with van der Waals surface area (Å²) < 4.78 is 0. The molecule has 5 nitrogen and oxygen atoms in total. The van der Waals surface area contributed by atoms with Crippen LogP contribution in [0.25, 0.3) is 6.08 Å². The van der Waals surface area contributed by atoms with Gasteiger partial charge in [-0.05, 0) is 35.4 Å². The zero-order valence-electron chi connectivity index (χ0n) is 12.2. The number of nitrogens with one attached hydrogen (secondary N) is 2. The Bertz CT molecular complexity index is 709. The Hall–Kier alpha value is -2.92. The van der Waals surface area contributed by atoms with Gasteiger partial charge < -0.3 is 5.32 Å². The molecule has 0 aliphatic carbocycles. The largest absolute Gasteiger partial charge is 0.386 e. The van der Waals surface area contributed by atoms with E-state index < -0.39 is 5.91 Å². The molecule has 5 heteroatoms. The Kier molecular flexibility index (Phi) is 5.45. The average Bonchev–Trinajstić information content (AvgIpc) is 2.58. The molecule has 0 spiro atoms. The van der Waals surface area contributed by atoms with Crippen LogP contribution < -0.4 is 10.8 Å². The normalized spacial score (nSPS) is 11.0. The summed E-state index contributed by atoms with van der Waals surface area (Å²) in [5, 5.41) is 11.5. The molecule has 0 unspecified atom stereocenters. The second-order valence-corrected chi connectivity index (χ2v) is 4.50. The summed E-state index contributed by atoms with van der Waals surface area (Å²) in [7, 11) is 1.85. The van der Waals surface area contributed by atoms with Crippen LogP contribution in [-0.4, -0.2) is 24.4 Å². The summed E-state index contributed by atoms with van der Waals surface area (Å²) in [6, 6.07) is 15.3. The molecule has 0 heterocycles. The molecule has 0 saturated heterocycles. The predicted octanol–water partition coefficient (Wildman–Crippen LogP) is 3.00. The highest BCUT2D eigenvalue weighted by atomic mass is 16.5. The topological polar surface area (TPSA) is 73.7 Å². The number of benzene rings is 2. The molecule has 0 atom stereocenters. The minimum Gasteiger partial charge on any atom is -0.386 e. The molecule has 2 aromatic carbocycles. The molecular formula is C17H17N3O2. The Morgan fingerprint density at radius 1 is 1.14 bits per heavy atom. The van der Waals surface area contributed by atoms with Crippen LogP contribution in [0.15, 0.2) is 59.6 Å². The smallest absolute Gasteiger partial charge is 0.267 e. The second-order valence-electron chi connectivity index (χ2n) is 4.50. The predicted molar refractivity (Wildman–Crippen MR) is 88.6 cm³/mol. The maximum Gasteiger partial charge on any atom is 0.267 e.